The van der Waals surface area contributed by atoms with Gasteiger partial charge in [0, 0.05) is 0 Å². The highest BCUT2D eigenvalue weighted by molar-refractivity contribution is 5.93. The number of aromatic nitrogens is 2. The van der Waals surface area contributed by atoms with E-state index in [1.807, 2.05) is 0 Å². The molecule has 1 saturated heterocycles. The van der Waals surface area contributed by atoms with E-state index in [0.717, 1.165) is 0 Å². The van der Waals surface area contributed by atoms with E-state index in [2.05, 4.69) is 10.9 Å². The summed E-state index contributed by atoms with van der Waals surface area (Å²) in [6.07, 6.45) is 1.92. The Morgan fingerprint density at radius 2 is 2.26 bits per heavy atom. The van der Waals surface area contributed by atoms with Crippen LogP contribution in [0.2, 0.25) is 0 Å². The van der Waals surface area contributed by atoms with Gasteiger partial charge in [0.25, 0.3) is 5.91 Å². The second-order valence-electron chi connectivity index (χ2n) is 4.09. The topological polar surface area (TPSA) is 131 Å². The zero-order valence-electron chi connectivity index (χ0n) is 9.80. The summed E-state index contributed by atoms with van der Waals surface area (Å²) >= 11 is 0. The summed E-state index contributed by atoms with van der Waals surface area (Å²) in [5.41, 5.74) is 5.03. The highest BCUT2D eigenvalue weighted by Gasteiger charge is 2.44. The van der Waals surface area contributed by atoms with Crippen LogP contribution in [0, 0.1) is 12.3 Å². The molecule has 0 spiro atoms. The van der Waals surface area contributed by atoms with E-state index in [4.69, 9.17) is 22.0 Å². The van der Waals surface area contributed by atoms with Crippen molar-refractivity contribution in [2.24, 2.45) is 5.73 Å². The van der Waals surface area contributed by atoms with Crippen molar-refractivity contribution >= 4 is 5.91 Å². The number of hydrogen-bond donors (Lipinski definition) is 4. The van der Waals surface area contributed by atoms with Crippen LogP contribution in [0.15, 0.2) is 6.33 Å². The van der Waals surface area contributed by atoms with Gasteiger partial charge in [0.15, 0.2) is 11.9 Å². The average Bonchev–Trinajstić information content (AvgIpc) is 2.92. The fourth-order valence-electron chi connectivity index (χ4n) is 1.99. The second kappa shape index (κ2) is 4.99. The van der Waals surface area contributed by atoms with Crippen LogP contribution in [0.3, 0.4) is 0 Å². The molecule has 1 aromatic rings. The summed E-state index contributed by atoms with van der Waals surface area (Å²) in [5, 5.41) is 28.5. The standard InChI is InChI=1S/C11H13N3O5/c1-2-5-7(10(12)18)13-4-14(5)11-9(17)8(16)6(3-15)19-11/h1,4,6,8-9,11,15-17H,3H2,(H2,12,18)/t6-,8?,9?,11-/m1/s1. The molecule has 0 saturated carbocycles. The van der Waals surface area contributed by atoms with Gasteiger partial charge < -0.3 is 25.8 Å². The largest absolute Gasteiger partial charge is 0.394 e. The second-order valence-corrected chi connectivity index (χ2v) is 4.09. The molecule has 1 fully saturated rings. The van der Waals surface area contributed by atoms with Gasteiger partial charge in [-0.2, -0.15) is 0 Å². The number of nitrogens with two attached hydrogens (primary N) is 1. The van der Waals surface area contributed by atoms with Crippen molar-refractivity contribution in [1.82, 2.24) is 9.55 Å². The number of hydrogen-bond acceptors (Lipinski definition) is 6. The first-order valence-corrected chi connectivity index (χ1v) is 5.47. The number of primary amides is 1. The Kier molecular flexibility index (Phi) is 3.55. The molecule has 0 bridgehead atoms. The summed E-state index contributed by atoms with van der Waals surface area (Å²) in [5.74, 6) is 1.43. The zero-order valence-corrected chi connectivity index (χ0v) is 9.80. The molecule has 4 atom stereocenters. The number of nitrogens with zero attached hydrogens (tertiary/aromatic N) is 2. The third-order valence-corrected chi connectivity index (χ3v) is 2.96. The van der Waals surface area contributed by atoms with Crippen LogP contribution in [0.25, 0.3) is 0 Å². The molecule has 2 unspecified atom stereocenters. The van der Waals surface area contributed by atoms with Crippen LogP contribution in [0.1, 0.15) is 22.4 Å². The number of carbonyl (C=O) groups is 1. The summed E-state index contributed by atoms with van der Waals surface area (Å²) in [4.78, 5) is 14.9. The molecule has 2 heterocycles. The van der Waals surface area contributed by atoms with Crippen LogP contribution < -0.4 is 5.73 Å². The van der Waals surface area contributed by atoms with E-state index >= 15 is 0 Å². The van der Waals surface area contributed by atoms with Gasteiger partial charge in [-0.05, 0) is 5.92 Å². The summed E-state index contributed by atoms with van der Waals surface area (Å²) in [6.45, 7) is -0.461. The van der Waals surface area contributed by atoms with Crippen LogP contribution >= 0.6 is 0 Å². The van der Waals surface area contributed by atoms with Gasteiger partial charge in [-0.25, -0.2) is 4.98 Å². The summed E-state index contributed by atoms with van der Waals surface area (Å²) < 4.78 is 6.51. The number of amides is 1. The zero-order chi connectivity index (χ0) is 14.2. The molecule has 1 aliphatic rings. The van der Waals surface area contributed by atoms with E-state index in [-0.39, 0.29) is 11.4 Å². The molecule has 8 nitrogen and oxygen atoms in total. The first-order valence-electron chi connectivity index (χ1n) is 5.47. The predicted molar refractivity (Wildman–Crippen MR) is 61.7 cm³/mol. The lowest BCUT2D eigenvalue weighted by atomic mass is 10.1. The third-order valence-electron chi connectivity index (χ3n) is 2.96. The Labute approximate surface area is 108 Å². The van der Waals surface area contributed by atoms with Gasteiger partial charge in [-0.15, -0.1) is 6.42 Å². The molecule has 0 radical (unpaired) electrons. The molecule has 1 amide bonds. The van der Waals surface area contributed by atoms with Crippen molar-refractivity contribution in [3.8, 4) is 12.3 Å². The van der Waals surface area contributed by atoms with Crippen molar-refractivity contribution < 1.29 is 24.9 Å². The average molecular weight is 267 g/mol. The van der Waals surface area contributed by atoms with E-state index in [1.165, 1.54) is 10.9 Å². The molecule has 1 aliphatic heterocycles. The molecule has 5 N–H and O–H groups in total. The highest BCUT2D eigenvalue weighted by atomic mass is 16.6. The molecule has 0 aliphatic carbocycles. The lowest BCUT2D eigenvalue weighted by Crippen LogP contribution is -2.33. The van der Waals surface area contributed by atoms with Crippen molar-refractivity contribution in [2.75, 3.05) is 6.61 Å². The Morgan fingerprint density at radius 3 is 2.74 bits per heavy atom. The van der Waals surface area contributed by atoms with Crippen LogP contribution in [0.5, 0.6) is 0 Å². The maximum Gasteiger partial charge on any atom is 0.270 e. The van der Waals surface area contributed by atoms with Crippen LogP contribution in [-0.4, -0.2) is 55.7 Å². The fourth-order valence-corrected chi connectivity index (χ4v) is 1.99. The maximum atomic E-state index is 11.1. The monoisotopic (exact) mass is 267 g/mol. The molecule has 102 valence electrons. The van der Waals surface area contributed by atoms with Gasteiger partial charge >= 0.3 is 0 Å². The lowest BCUT2D eigenvalue weighted by Gasteiger charge is -2.17. The van der Waals surface area contributed by atoms with Gasteiger partial charge in [0.05, 0.1) is 12.9 Å². The minimum atomic E-state index is -1.31. The smallest absolute Gasteiger partial charge is 0.270 e. The number of terminal acetylenes is 1. The van der Waals surface area contributed by atoms with Crippen molar-refractivity contribution in [2.45, 2.75) is 24.5 Å². The lowest BCUT2D eigenvalue weighted by molar-refractivity contribution is -0.0531. The minimum absolute atomic E-state index is 0.0438. The predicted octanol–water partition coefficient (Wildman–Crippen LogP) is -2.43. The molecular weight excluding hydrogens is 254 g/mol. The Hall–Kier alpha value is -1.92. The molecule has 19 heavy (non-hydrogen) atoms. The number of carbonyl (C=O) groups excluding carboxylic acids is 1. The number of imidazole rings is 1. The maximum absolute atomic E-state index is 11.1. The summed E-state index contributed by atoms with van der Waals surface area (Å²) in [7, 11) is 0. The number of aliphatic hydroxyl groups is 3. The first-order chi connectivity index (χ1) is 9.01. The fraction of sp³-hybridized carbons (Fsp3) is 0.455. The van der Waals surface area contributed by atoms with E-state index in [1.54, 1.807) is 0 Å². The van der Waals surface area contributed by atoms with Gasteiger partial charge in [0.2, 0.25) is 0 Å². The Balaban J connectivity index is 2.39. The van der Waals surface area contributed by atoms with Gasteiger partial charge in [-0.3, -0.25) is 9.36 Å². The number of rotatable bonds is 3. The SMILES string of the molecule is C#Cc1c(C(N)=O)ncn1[C@@H]1O[C@H](CO)C(O)C1O. The van der Waals surface area contributed by atoms with Gasteiger partial charge in [-0.1, -0.05) is 0 Å². The third kappa shape index (κ3) is 2.09. The van der Waals surface area contributed by atoms with Crippen molar-refractivity contribution in [3.63, 3.8) is 0 Å². The van der Waals surface area contributed by atoms with Crippen LogP contribution in [-0.2, 0) is 4.74 Å². The van der Waals surface area contributed by atoms with E-state index in [0.29, 0.717) is 0 Å². The van der Waals surface area contributed by atoms with Crippen molar-refractivity contribution in [3.05, 3.63) is 17.7 Å². The first kappa shape index (κ1) is 13.5. The minimum Gasteiger partial charge on any atom is -0.394 e. The van der Waals surface area contributed by atoms with E-state index in [9.17, 15) is 15.0 Å². The Bertz CT molecular complexity index is 535. The number of ether oxygens (including phenoxy) is 1. The normalized spacial score (nSPS) is 30.2. The molecule has 2 rings (SSSR count). The highest BCUT2D eigenvalue weighted by Crippen LogP contribution is 2.30. The van der Waals surface area contributed by atoms with E-state index < -0.39 is 37.1 Å². The van der Waals surface area contributed by atoms with Crippen molar-refractivity contribution in [1.29, 1.82) is 0 Å². The summed E-state index contributed by atoms with van der Waals surface area (Å²) in [6, 6.07) is 0. The Morgan fingerprint density at radius 1 is 1.58 bits per heavy atom. The molecular formula is C11H13N3O5. The molecule has 0 aromatic carbocycles. The quantitative estimate of drug-likeness (QED) is 0.451. The molecule has 1 aromatic heterocycles. The molecule has 8 heteroatoms. The van der Waals surface area contributed by atoms with Gasteiger partial charge in [0.1, 0.15) is 24.0 Å². The van der Waals surface area contributed by atoms with Crippen LogP contribution in [0.4, 0.5) is 0 Å². The number of aliphatic hydroxyl groups excluding tert-OH is 3.